The molecule has 1 aliphatic carbocycles. The van der Waals surface area contributed by atoms with Crippen LogP contribution in [0.3, 0.4) is 0 Å². The zero-order valence-electron chi connectivity index (χ0n) is 13.3. The molecule has 1 aromatic carbocycles. The van der Waals surface area contributed by atoms with Gasteiger partial charge in [0.15, 0.2) is 0 Å². The molecule has 1 aliphatic heterocycles. The Morgan fingerprint density at radius 2 is 1.86 bits per heavy atom. The number of likely N-dealkylation sites (tertiary alicyclic amines) is 1. The van der Waals surface area contributed by atoms with E-state index in [1.165, 1.54) is 44.2 Å². The second-order valence-electron chi connectivity index (χ2n) is 6.72. The van der Waals surface area contributed by atoms with Gasteiger partial charge in [0.25, 0.3) is 0 Å². The molecule has 1 saturated heterocycles. The smallest absolute Gasteiger partial charge is 0.118 e. The van der Waals surface area contributed by atoms with Gasteiger partial charge in [-0.3, -0.25) is 4.90 Å². The Labute approximate surface area is 128 Å². The molecule has 2 fully saturated rings. The van der Waals surface area contributed by atoms with Crippen molar-refractivity contribution in [1.29, 1.82) is 0 Å². The first-order valence-corrected chi connectivity index (χ1v) is 8.36. The van der Waals surface area contributed by atoms with E-state index in [4.69, 9.17) is 10.5 Å². The maximum atomic E-state index is 6.38. The van der Waals surface area contributed by atoms with Gasteiger partial charge in [0.1, 0.15) is 5.75 Å². The normalized spacial score (nSPS) is 28.9. The predicted octanol–water partition coefficient (Wildman–Crippen LogP) is 3.35. The summed E-state index contributed by atoms with van der Waals surface area (Å²) in [6.45, 7) is 3.34. The van der Waals surface area contributed by atoms with Crippen LogP contribution in [0.2, 0.25) is 0 Å². The SMILES string of the molecule is COc1ccc(C(C(C)N)N2CCCC3CCCC32)cc1. The Morgan fingerprint density at radius 3 is 2.52 bits per heavy atom. The molecule has 0 bridgehead atoms. The molecule has 0 amide bonds. The topological polar surface area (TPSA) is 38.5 Å². The number of hydrogen-bond donors (Lipinski definition) is 1. The third-order valence-corrected chi connectivity index (χ3v) is 5.35. The van der Waals surface area contributed by atoms with Gasteiger partial charge in [-0.25, -0.2) is 0 Å². The van der Waals surface area contributed by atoms with Crippen molar-refractivity contribution in [3.8, 4) is 5.75 Å². The van der Waals surface area contributed by atoms with Crippen LogP contribution in [0.1, 0.15) is 50.6 Å². The average Bonchev–Trinajstić information content (AvgIpc) is 2.97. The van der Waals surface area contributed by atoms with Crippen molar-refractivity contribution in [2.24, 2.45) is 11.7 Å². The van der Waals surface area contributed by atoms with Crippen LogP contribution in [-0.2, 0) is 0 Å². The summed E-state index contributed by atoms with van der Waals surface area (Å²) in [6, 6.07) is 9.72. The third-order valence-electron chi connectivity index (χ3n) is 5.35. The van der Waals surface area contributed by atoms with Gasteiger partial charge >= 0.3 is 0 Å². The van der Waals surface area contributed by atoms with E-state index in [1.54, 1.807) is 7.11 Å². The summed E-state index contributed by atoms with van der Waals surface area (Å²) in [6.07, 6.45) is 6.88. The Morgan fingerprint density at radius 1 is 1.14 bits per heavy atom. The average molecular weight is 288 g/mol. The summed E-state index contributed by atoms with van der Waals surface area (Å²) in [4.78, 5) is 2.70. The van der Waals surface area contributed by atoms with Crippen LogP contribution >= 0.6 is 0 Å². The first-order valence-electron chi connectivity index (χ1n) is 8.36. The molecule has 1 heterocycles. The first kappa shape index (κ1) is 14.9. The van der Waals surface area contributed by atoms with Crippen molar-refractivity contribution in [2.45, 2.75) is 57.2 Å². The van der Waals surface area contributed by atoms with Gasteiger partial charge < -0.3 is 10.5 Å². The number of fused-ring (bicyclic) bond motifs is 1. The number of methoxy groups -OCH3 is 1. The Hall–Kier alpha value is -1.06. The van der Waals surface area contributed by atoms with Crippen molar-refractivity contribution >= 4 is 0 Å². The summed E-state index contributed by atoms with van der Waals surface area (Å²) < 4.78 is 5.28. The molecule has 0 spiro atoms. The number of nitrogens with zero attached hydrogens (tertiary/aromatic N) is 1. The van der Waals surface area contributed by atoms with E-state index in [9.17, 15) is 0 Å². The van der Waals surface area contributed by atoms with Gasteiger partial charge in [-0.15, -0.1) is 0 Å². The molecule has 3 heteroatoms. The summed E-state index contributed by atoms with van der Waals surface area (Å²) in [5.74, 6) is 1.82. The molecule has 0 aromatic heterocycles. The van der Waals surface area contributed by atoms with Crippen LogP contribution in [0.25, 0.3) is 0 Å². The molecule has 1 saturated carbocycles. The molecule has 116 valence electrons. The maximum absolute atomic E-state index is 6.38. The summed E-state index contributed by atoms with van der Waals surface area (Å²) in [7, 11) is 1.71. The number of benzene rings is 1. The summed E-state index contributed by atoms with van der Waals surface area (Å²) in [5.41, 5.74) is 7.71. The van der Waals surface area contributed by atoms with Gasteiger partial charge in [0.05, 0.1) is 7.11 Å². The minimum absolute atomic E-state index is 0.151. The molecular weight excluding hydrogens is 260 g/mol. The lowest BCUT2D eigenvalue weighted by atomic mass is 9.87. The van der Waals surface area contributed by atoms with Crippen LogP contribution in [-0.4, -0.2) is 30.6 Å². The van der Waals surface area contributed by atoms with E-state index in [2.05, 4.69) is 36.1 Å². The molecule has 3 nitrogen and oxygen atoms in total. The minimum Gasteiger partial charge on any atom is -0.497 e. The predicted molar refractivity (Wildman–Crippen MR) is 86.5 cm³/mol. The van der Waals surface area contributed by atoms with Crippen LogP contribution in [0, 0.1) is 5.92 Å². The fourth-order valence-corrected chi connectivity index (χ4v) is 4.44. The summed E-state index contributed by atoms with van der Waals surface area (Å²) >= 11 is 0. The Bertz CT molecular complexity index is 457. The fraction of sp³-hybridized carbons (Fsp3) is 0.667. The van der Waals surface area contributed by atoms with Crippen molar-refractivity contribution in [1.82, 2.24) is 4.90 Å². The van der Waals surface area contributed by atoms with Gasteiger partial charge in [-0.05, 0) is 62.8 Å². The first-order chi connectivity index (χ1) is 10.2. The van der Waals surface area contributed by atoms with Gasteiger partial charge in [-0.2, -0.15) is 0 Å². The van der Waals surface area contributed by atoms with Crippen molar-refractivity contribution < 1.29 is 4.74 Å². The highest BCUT2D eigenvalue weighted by Crippen LogP contribution is 2.41. The number of hydrogen-bond acceptors (Lipinski definition) is 3. The van der Waals surface area contributed by atoms with Gasteiger partial charge in [-0.1, -0.05) is 18.6 Å². The molecule has 4 atom stereocenters. The molecule has 2 aliphatic rings. The van der Waals surface area contributed by atoms with E-state index >= 15 is 0 Å². The minimum atomic E-state index is 0.151. The number of nitrogens with two attached hydrogens (primary N) is 1. The van der Waals surface area contributed by atoms with Crippen LogP contribution in [0.15, 0.2) is 24.3 Å². The van der Waals surface area contributed by atoms with E-state index < -0.39 is 0 Å². The quantitative estimate of drug-likeness (QED) is 0.923. The van der Waals surface area contributed by atoms with E-state index in [0.717, 1.165) is 17.7 Å². The second-order valence-corrected chi connectivity index (χ2v) is 6.72. The van der Waals surface area contributed by atoms with E-state index in [-0.39, 0.29) is 6.04 Å². The monoisotopic (exact) mass is 288 g/mol. The molecule has 2 N–H and O–H groups in total. The highest BCUT2D eigenvalue weighted by Gasteiger charge is 2.39. The van der Waals surface area contributed by atoms with E-state index in [1.807, 2.05) is 0 Å². The lowest BCUT2D eigenvalue weighted by Crippen LogP contribution is -2.49. The molecule has 4 unspecified atom stereocenters. The van der Waals surface area contributed by atoms with Crippen molar-refractivity contribution in [2.75, 3.05) is 13.7 Å². The van der Waals surface area contributed by atoms with Crippen molar-refractivity contribution in [3.63, 3.8) is 0 Å². The maximum Gasteiger partial charge on any atom is 0.118 e. The standard InChI is InChI=1S/C18H28N2O/c1-13(19)18(15-8-10-16(21-2)11-9-15)20-12-4-6-14-5-3-7-17(14)20/h8-11,13-14,17-18H,3-7,12,19H2,1-2H3. The lowest BCUT2D eigenvalue weighted by molar-refractivity contribution is 0.0571. The van der Waals surface area contributed by atoms with Crippen LogP contribution in [0.4, 0.5) is 0 Å². The third kappa shape index (κ3) is 2.95. The fourth-order valence-electron chi connectivity index (χ4n) is 4.44. The molecule has 3 rings (SSSR count). The molecule has 0 radical (unpaired) electrons. The Kier molecular flexibility index (Phi) is 4.51. The van der Waals surface area contributed by atoms with Gasteiger partial charge in [0.2, 0.25) is 0 Å². The number of rotatable bonds is 4. The van der Waals surface area contributed by atoms with Crippen LogP contribution < -0.4 is 10.5 Å². The zero-order chi connectivity index (χ0) is 14.8. The van der Waals surface area contributed by atoms with Crippen LogP contribution in [0.5, 0.6) is 5.75 Å². The Balaban J connectivity index is 1.86. The lowest BCUT2D eigenvalue weighted by Gasteiger charge is -2.44. The number of ether oxygens (including phenoxy) is 1. The molecule has 21 heavy (non-hydrogen) atoms. The van der Waals surface area contributed by atoms with Crippen molar-refractivity contribution in [3.05, 3.63) is 29.8 Å². The zero-order valence-corrected chi connectivity index (χ0v) is 13.3. The summed E-state index contributed by atoms with van der Waals surface area (Å²) in [5, 5.41) is 0. The highest BCUT2D eigenvalue weighted by molar-refractivity contribution is 5.30. The largest absolute Gasteiger partial charge is 0.497 e. The number of piperidine rings is 1. The van der Waals surface area contributed by atoms with E-state index in [0.29, 0.717) is 6.04 Å². The second kappa shape index (κ2) is 6.37. The molecular formula is C18H28N2O. The van der Waals surface area contributed by atoms with Gasteiger partial charge in [0, 0.05) is 18.1 Å². The highest BCUT2D eigenvalue weighted by atomic mass is 16.5. The molecule has 1 aromatic rings.